The van der Waals surface area contributed by atoms with Gasteiger partial charge in [-0.1, -0.05) is 49.7 Å². The summed E-state index contributed by atoms with van der Waals surface area (Å²) < 4.78 is 15.9. The Bertz CT molecular complexity index is 807. The molecule has 2 atom stereocenters. The highest BCUT2D eigenvalue weighted by Crippen LogP contribution is 2.27. The first-order chi connectivity index (χ1) is 13.1. The van der Waals surface area contributed by atoms with Crippen molar-refractivity contribution in [1.29, 1.82) is 0 Å². The van der Waals surface area contributed by atoms with Crippen molar-refractivity contribution in [2.45, 2.75) is 50.4 Å². The van der Waals surface area contributed by atoms with Gasteiger partial charge >= 0.3 is 0 Å². The Morgan fingerprint density at radius 1 is 1.37 bits per heavy atom. The molecule has 0 aliphatic heterocycles. The third-order valence-corrected chi connectivity index (χ3v) is 5.90. The van der Waals surface area contributed by atoms with Gasteiger partial charge in [0.15, 0.2) is 11.0 Å². The van der Waals surface area contributed by atoms with Crippen molar-refractivity contribution in [2.75, 3.05) is 5.75 Å². The fraction of sp³-hybridized carbons (Fsp3) is 0.450. The maximum atomic E-state index is 14.1. The Morgan fingerprint density at radius 3 is 2.89 bits per heavy atom. The normalized spacial score (nSPS) is 19.6. The van der Waals surface area contributed by atoms with Gasteiger partial charge in [0.05, 0.1) is 11.3 Å². The fourth-order valence-corrected chi connectivity index (χ4v) is 4.20. The first-order valence-corrected chi connectivity index (χ1v) is 10.3. The maximum absolute atomic E-state index is 14.1. The van der Waals surface area contributed by atoms with Crippen molar-refractivity contribution in [3.05, 3.63) is 42.7 Å². The molecule has 1 amide bonds. The zero-order chi connectivity index (χ0) is 19.2. The van der Waals surface area contributed by atoms with Gasteiger partial charge in [-0.2, -0.15) is 0 Å². The van der Waals surface area contributed by atoms with Crippen molar-refractivity contribution in [3.63, 3.8) is 0 Å². The smallest absolute Gasteiger partial charge is 0.230 e. The van der Waals surface area contributed by atoms with E-state index in [1.165, 1.54) is 30.7 Å². The molecule has 1 N–H and O–H groups in total. The first kappa shape index (κ1) is 19.6. The van der Waals surface area contributed by atoms with Gasteiger partial charge in [-0.15, -0.1) is 16.8 Å². The second-order valence-corrected chi connectivity index (χ2v) is 7.85. The van der Waals surface area contributed by atoms with E-state index < -0.39 is 0 Å². The van der Waals surface area contributed by atoms with Crippen LogP contribution in [0.25, 0.3) is 11.4 Å². The molecule has 3 rings (SSSR count). The first-order valence-electron chi connectivity index (χ1n) is 9.31. The minimum atomic E-state index is -0.351. The van der Waals surface area contributed by atoms with Crippen molar-refractivity contribution >= 4 is 17.7 Å². The van der Waals surface area contributed by atoms with E-state index in [0.717, 1.165) is 12.8 Å². The summed E-state index contributed by atoms with van der Waals surface area (Å²) >= 11 is 1.31. The summed E-state index contributed by atoms with van der Waals surface area (Å²) in [5.41, 5.74) is 0.388. The molecule has 0 spiro atoms. The van der Waals surface area contributed by atoms with E-state index in [-0.39, 0.29) is 23.5 Å². The lowest BCUT2D eigenvalue weighted by atomic mass is 9.86. The number of benzene rings is 1. The molecule has 5 nitrogen and oxygen atoms in total. The largest absolute Gasteiger partial charge is 0.352 e. The standard InChI is InChI=1S/C20H25FN4OS/c1-3-12-25-19(15-9-5-6-10-16(15)21)23-24-20(25)27-13-18(26)22-17-11-7-4-8-14(17)2/h3,5-6,9-10,14,17H,1,4,7-8,11-13H2,2H3,(H,22,26)/t14-,17+/m1/s1. The zero-order valence-corrected chi connectivity index (χ0v) is 16.3. The third kappa shape index (κ3) is 4.77. The number of aromatic nitrogens is 3. The highest BCUT2D eigenvalue weighted by Gasteiger charge is 2.23. The lowest BCUT2D eigenvalue weighted by Gasteiger charge is -2.29. The number of allylic oxidation sites excluding steroid dienone is 1. The summed E-state index contributed by atoms with van der Waals surface area (Å²) in [5.74, 6) is 0.868. The topological polar surface area (TPSA) is 59.8 Å². The van der Waals surface area contributed by atoms with Crippen LogP contribution in [0.3, 0.4) is 0 Å². The van der Waals surface area contributed by atoms with Crippen LogP contribution in [0, 0.1) is 11.7 Å². The summed E-state index contributed by atoms with van der Waals surface area (Å²) in [5, 5.41) is 12.0. The average Bonchev–Trinajstić information content (AvgIpc) is 3.05. The van der Waals surface area contributed by atoms with Crippen LogP contribution >= 0.6 is 11.8 Å². The lowest BCUT2D eigenvalue weighted by molar-refractivity contribution is -0.119. The molecule has 1 heterocycles. The number of carbonyl (C=O) groups excluding carboxylic acids is 1. The van der Waals surface area contributed by atoms with Gasteiger partial charge in [0.2, 0.25) is 5.91 Å². The molecule has 1 aliphatic rings. The summed E-state index contributed by atoms with van der Waals surface area (Å²) in [4.78, 5) is 12.4. The van der Waals surface area contributed by atoms with Gasteiger partial charge in [-0.3, -0.25) is 9.36 Å². The van der Waals surface area contributed by atoms with Gasteiger partial charge in [-0.25, -0.2) is 4.39 Å². The van der Waals surface area contributed by atoms with Crippen LogP contribution in [0.1, 0.15) is 32.6 Å². The molecule has 1 saturated carbocycles. The number of thioether (sulfide) groups is 1. The number of nitrogens with one attached hydrogen (secondary N) is 1. The van der Waals surface area contributed by atoms with E-state index in [2.05, 4.69) is 29.0 Å². The van der Waals surface area contributed by atoms with Crippen molar-refractivity contribution in [2.24, 2.45) is 5.92 Å². The number of rotatable bonds is 7. The molecule has 2 aromatic rings. The quantitative estimate of drug-likeness (QED) is 0.574. The van der Waals surface area contributed by atoms with E-state index in [1.807, 2.05) is 0 Å². The van der Waals surface area contributed by atoms with Crippen LogP contribution in [0.15, 0.2) is 42.1 Å². The van der Waals surface area contributed by atoms with Crippen molar-refractivity contribution < 1.29 is 9.18 Å². The molecule has 0 unspecified atom stereocenters. The van der Waals surface area contributed by atoms with Crippen molar-refractivity contribution in [1.82, 2.24) is 20.1 Å². The molecule has 27 heavy (non-hydrogen) atoms. The second kappa shape index (κ2) is 9.17. The maximum Gasteiger partial charge on any atom is 0.230 e. The van der Waals surface area contributed by atoms with Crippen LogP contribution in [-0.4, -0.2) is 32.5 Å². The van der Waals surface area contributed by atoms with Gasteiger partial charge in [-0.05, 0) is 30.9 Å². The van der Waals surface area contributed by atoms with Gasteiger partial charge in [0.25, 0.3) is 0 Å². The molecule has 144 valence electrons. The molecule has 1 aliphatic carbocycles. The molecule has 1 aromatic carbocycles. The molecule has 7 heteroatoms. The Kier molecular flexibility index (Phi) is 6.66. The second-order valence-electron chi connectivity index (χ2n) is 6.91. The van der Waals surface area contributed by atoms with Crippen LogP contribution < -0.4 is 5.32 Å². The average molecular weight is 389 g/mol. The van der Waals surface area contributed by atoms with E-state index in [4.69, 9.17) is 0 Å². The van der Waals surface area contributed by atoms with Crippen LogP contribution in [0.5, 0.6) is 0 Å². The van der Waals surface area contributed by atoms with Gasteiger partial charge in [0.1, 0.15) is 5.82 Å². The molecular formula is C20H25FN4OS. The summed E-state index contributed by atoms with van der Waals surface area (Å²) in [6.07, 6.45) is 6.33. The molecular weight excluding hydrogens is 363 g/mol. The molecule has 0 radical (unpaired) electrons. The molecule has 1 aromatic heterocycles. The number of nitrogens with zero attached hydrogens (tertiary/aromatic N) is 3. The molecule has 0 bridgehead atoms. The number of hydrogen-bond donors (Lipinski definition) is 1. The van der Waals surface area contributed by atoms with E-state index in [0.29, 0.717) is 29.0 Å². The van der Waals surface area contributed by atoms with Crippen LogP contribution in [-0.2, 0) is 11.3 Å². The van der Waals surface area contributed by atoms with Gasteiger partial charge in [0, 0.05) is 12.6 Å². The molecule has 0 saturated heterocycles. The predicted molar refractivity (Wildman–Crippen MR) is 106 cm³/mol. The van der Waals surface area contributed by atoms with Crippen LogP contribution in [0.4, 0.5) is 4.39 Å². The van der Waals surface area contributed by atoms with E-state index in [1.54, 1.807) is 28.8 Å². The number of amides is 1. The van der Waals surface area contributed by atoms with Crippen molar-refractivity contribution in [3.8, 4) is 11.4 Å². The van der Waals surface area contributed by atoms with Gasteiger partial charge < -0.3 is 5.32 Å². The zero-order valence-electron chi connectivity index (χ0n) is 15.5. The highest BCUT2D eigenvalue weighted by atomic mass is 32.2. The fourth-order valence-electron chi connectivity index (χ4n) is 3.44. The summed E-state index contributed by atoms with van der Waals surface area (Å²) in [6.45, 7) is 6.39. The monoisotopic (exact) mass is 388 g/mol. The highest BCUT2D eigenvalue weighted by molar-refractivity contribution is 7.99. The van der Waals surface area contributed by atoms with E-state index >= 15 is 0 Å². The van der Waals surface area contributed by atoms with E-state index in [9.17, 15) is 9.18 Å². The number of hydrogen-bond acceptors (Lipinski definition) is 4. The number of carbonyl (C=O) groups is 1. The Balaban J connectivity index is 1.69. The Labute approximate surface area is 163 Å². The minimum absolute atomic E-state index is 0.000607. The SMILES string of the molecule is C=CCn1c(SCC(=O)N[C@H]2CCCC[C@H]2C)nnc1-c1ccccc1F. The Morgan fingerprint density at radius 2 is 2.15 bits per heavy atom. The number of halogens is 1. The Hall–Kier alpha value is -2.15. The molecule has 1 fully saturated rings. The third-order valence-electron chi connectivity index (χ3n) is 4.93. The summed E-state index contributed by atoms with van der Waals surface area (Å²) in [7, 11) is 0. The van der Waals surface area contributed by atoms with Crippen LogP contribution in [0.2, 0.25) is 0 Å². The minimum Gasteiger partial charge on any atom is -0.352 e. The summed E-state index contributed by atoms with van der Waals surface area (Å²) in [6, 6.07) is 6.72. The lowest BCUT2D eigenvalue weighted by Crippen LogP contribution is -2.41. The predicted octanol–water partition coefficient (Wildman–Crippen LogP) is 4.06.